The monoisotopic (exact) mass is 480 g/mol. The van der Waals surface area contributed by atoms with Gasteiger partial charge in [-0.25, -0.2) is 9.59 Å². The summed E-state index contributed by atoms with van der Waals surface area (Å²) in [5.74, 6) is -0.245. The first-order valence-electron chi connectivity index (χ1n) is 8.63. The molecule has 0 saturated heterocycles. The number of alkyl carbamates (subject to hydrolysis) is 1. The minimum absolute atomic E-state index is 0.245. The Kier molecular flexibility index (Phi) is 17.5. The van der Waals surface area contributed by atoms with E-state index in [-0.39, 0.29) is 5.97 Å². The van der Waals surface area contributed by atoms with Crippen molar-refractivity contribution in [2.75, 3.05) is 24.6 Å². The Balaban J connectivity index is 0. The highest BCUT2D eigenvalue weighted by Crippen LogP contribution is 2.06. The van der Waals surface area contributed by atoms with E-state index in [9.17, 15) is 9.59 Å². The molecule has 0 rings (SSSR count). The first kappa shape index (κ1) is 26.8. The molecule has 0 radical (unpaired) electrons. The van der Waals surface area contributed by atoms with Crippen molar-refractivity contribution in [3.8, 4) is 0 Å². The Labute approximate surface area is 171 Å². The molecule has 0 aromatic carbocycles. The molecule has 0 unspecified atom stereocenters. The van der Waals surface area contributed by atoms with Crippen LogP contribution in [0.3, 0.4) is 0 Å². The van der Waals surface area contributed by atoms with Gasteiger partial charge in [-0.1, -0.05) is 48.6 Å². The van der Waals surface area contributed by atoms with Gasteiger partial charge in [0.2, 0.25) is 0 Å². The lowest BCUT2D eigenvalue weighted by Gasteiger charge is -2.19. The third-order valence-corrected chi connectivity index (χ3v) is 3.19. The van der Waals surface area contributed by atoms with Crippen molar-refractivity contribution in [2.24, 2.45) is 0 Å². The van der Waals surface area contributed by atoms with Gasteiger partial charge in [-0.15, -0.1) is 5.73 Å². The first-order chi connectivity index (χ1) is 12.2. The lowest BCUT2D eigenvalue weighted by atomic mass is 10.2. The molecule has 0 spiro atoms. The molecule has 2 N–H and O–H groups in total. The van der Waals surface area contributed by atoms with Gasteiger partial charge in [0, 0.05) is 18.0 Å². The number of nitrogens with one attached hydrogen (secondary N) is 2. The Morgan fingerprint density at radius 1 is 1.31 bits per heavy atom. The van der Waals surface area contributed by atoms with Crippen molar-refractivity contribution in [3.63, 3.8) is 0 Å². The van der Waals surface area contributed by atoms with Gasteiger partial charge in [-0.3, -0.25) is 0 Å². The molecule has 26 heavy (non-hydrogen) atoms. The maximum absolute atomic E-state index is 11.4. The van der Waals surface area contributed by atoms with Crippen molar-refractivity contribution >= 4 is 34.7 Å². The molecule has 7 heteroatoms. The van der Waals surface area contributed by atoms with Gasteiger partial charge in [0.15, 0.2) is 0 Å². The summed E-state index contributed by atoms with van der Waals surface area (Å²) in [6, 6.07) is 0. The highest BCUT2D eigenvalue weighted by Gasteiger charge is 2.14. The molecule has 0 heterocycles. The van der Waals surface area contributed by atoms with Crippen LogP contribution >= 0.6 is 22.6 Å². The van der Waals surface area contributed by atoms with Crippen LogP contribution in [0.4, 0.5) is 4.79 Å². The molecular weight excluding hydrogens is 447 g/mol. The van der Waals surface area contributed by atoms with E-state index in [4.69, 9.17) is 9.47 Å². The van der Waals surface area contributed by atoms with Crippen LogP contribution in [0, 0.1) is 0 Å². The van der Waals surface area contributed by atoms with Crippen molar-refractivity contribution in [2.45, 2.75) is 52.6 Å². The smallest absolute Gasteiger partial charge is 0.407 e. The standard InChI is InChI=1S/C10H18INO2.C9H15NO2/c1-3-4-8-14-10(13)9(12-2)6-5-7-11;1-5-6-7-10-8(11)12-9(2,3)4/h6,12H,3-5,7-8H2,1-2H3;6H,1,7H2,2-4H3,(H,10,11). The number of rotatable bonds is 9. The van der Waals surface area contributed by atoms with Gasteiger partial charge in [-0.2, -0.15) is 0 Å². The minimum Gasteiger partial charge on any atom is -0.461 e. The molecule has 0 saturated carbocycles. The molecule has 150 valence electrons. The Morgan fingerprint density at radius 2 is 1.96 bits per heavy atom. The quantitative estimate of drug-likeness (QED) is 0.130. The number of hydrogen-bond donors (Lipinski definition) is 2. The van der Waals surface area contributed by atoms with E-state index in [1.54, 1.807) is 13.1 Å². The zero-order valence-corrected chi connectivity index (χ0v) is 18.8. The number of esters is 1. The van der Waals surface area contributed by atoms with Gasteiger partial charge < -0.3 is 20.1 Å². The second kappa shape index (κ2) is 17.0. The van der Waals surface area contributed by atoms with Crippen LogP contribution in [0.25, 0.3) is 0 Å². The predicted octanol–water partition coefficient (Wildman–Crippen LogP) is 4.11. The van der Waals surface area contributed by atoms with Crippen molar-refractivity contribution in [1.29, 1.82) is 0 Å². The summed E-state index contributed by atoms with van der Waals surface area (Å²) in [6.45, 7) is 11.8. The summed E-state index contributed by atoms with van der Waals surface area (Å²) in [6.07, 6.45) is 5.92. The number of allylic oxidation sites excluding steroid dienone is 1. The van der Waals surface area contributed by atoms with E-state index >= 15 is 0 Å². The van der Waals surface area contributed by atoms with Gasteiger partial charge in [-0.05, 0) is 39.7 Å². The molecule has 0 bridgehead atoms. The van der Waals surface area contributed by atoms with Crippen LogP contribution in [-0.2, 0) is 14.3 Å². The van der Waals surface area contributed by atoms with Crippen molar-refractivity contribution in [1.82, 2.24) is 10.6 Å². The number of carbonyl (C=O) groups excluding carboxylic acids is 2. The zero-order valence-electron chi connectivity index (χ0n) is 16.6. The number of alkyl halides is 1. The maximum Gasteiger partial charge on any atom is 0.407 e. The fourth-order valence-corrected chi connectivity index (χ4v) is 1.71. The highest BCUT2D eigenvalue weighted by molar-refractivity contribution is 14.1. The van der Waals surface area contributed by atoms with Gasteiger partial charge in [0.1, 0.15) is 11.3 Å². The number of halogens is 1. The second-order valence-corrected chi connectivity index (χ2v) is 7.20. The van der Waals surface area contributed by atoms with E-state index in [1.807, 2.05) is 26.8 Å². The largest absolute Gasteiger partial charge is 0.461 e. The molecular formula is C19H33IN2O4. The summed E-state index contributed by atoms with van der Waals surface area (Å²) >= 11 is 2.27. The molecule has 0 fully saturated rings. The fraction of sp³-hybridized carbons (Fsp3) is 0.632. The number of unbranched alkanes of at least 4 members (excludes halogenated alkanes) is 1. The zero-order chi connectivity index (χ0) is 20.4. The van der Waals surface area contributed by atoms with Crippen LogP contribution < -0.4 is 10.6 Å². The van der Waals surface area contributed by atoms with Crippen molar-refractivity contribution in [3.05, 3.63) is 30.2 Å². The van der Waals surface area contributed by atoms with Gasteiger partial charge >= 0.3 is 12.1 Å². The van der Waals surface area contributed by atoms with E-state index in [1.165, 1.54) is 0 Å². The number of amides is 1. The third-order valence-electron chi connectivity index (χ3n) is 2.57. The highest BCUT2D eigenvalue weighted by atomic mass is 127. The van der Waals surface area contributed by atoms with E-state index in [0.29, 0.717) is 18.8 Å². The lowest BCUT2D eigenvalue weighted by Crippen LogP contribution is -2.32. The Hall–Kier alpha value is -1.47. The van der Waals surface area contributed by atoms with E-state index < -0.39 is 11.7 Å². The SMILES string of the molecule is C=C=CCNC(=O)OC(C)(C)C.CCCCOC(=O)C(=CCCI)NC. The number of carbonyl (C=O) groups is 2. The molecule has 0 aliphatic carbocycles. The average molecular weight is 480 g/mol. The van der Waals surface area contributed by atoms with Crippen LogP contribution in [0.15, 0.2) is 30.2 Å². The summed E-state index contributed by atoms with van der Waals surface area (Å²) in [4.78, 5) is 22.3. The van der Waals surface area contributed by atoms with Crippen LogP contribution in [-0.4, -0.2) is 42.3 Å². The fourth-order valence-electron chi connectivity index (χ4n) is 1.39. The molecule has 0 aromatic rings. The molecule has 0 aliphatic rings. The molecule has 1 amide bonds. The summed E-state index contributed by atoms with van der Waals surface area (Å²) in [5, 5.41) is 5.37. The maximum atomic E-state index is 11.4. The topological polar surface area (TPSA) is 76.7 Å². The lowest BCUT2D eigenvalue weighted by molar-refractivity contribution is -0.139. The summed E-state index contributed by atoms with van der Waals surface area (Å²) < 4.78 is 11.0. The number of likely N-dealkylation sites (N-methyl/N-ethyl adjacent to an activating group) is 1. The van der Waals surface area contributed by atoms with Crippen LogP contribution in [0.5, 0.6) is 0 Å². The molecule has 0 atom stereocenters. The van der Waals surface area contributed by atoms with Crippen molar-refractivity contribution < 1.29 is 19.1 Å². The first-order valence-corrected chi connectivity index (χ1v) is 10.2. The summed E-state index contributed by atoms with van der Waals surface area (Å²) in [7, 11) is 1.74. The minimum atomic E-state index is -0.442. The molecule has 0 aromatic heterocycles. The van der Waals surface area contributed by atoms with E-state index in [2.05, 4.69) is 52.5 Å². The average Bonchev–Trinajstić information content (AvgIpc) is 2.55. The number of hydrogen-bond acceptors (Lipinski definition) is 5. The Bertz CT molecular complexity index is 478. The van der Waals surface area contributed by atoms with Crippen LogP contribution in [0.1, 0.15) is 47.0 Å². The van der Waals surface area contributed by atoms with Gasteiger partial charge in [0.05, 0.1) is 6.61 Å². The van der Waals surface area contributed by atoms with Crippen LogP contribution in [0.2, 0.25) is 0 Å². The Morgan fingerprint density at radius 3 is 2.42 bits per heavy atom. The van der Waals surface area contributed by atoms with E-state index in [0.717, 1.165) is 23.7 Å². The normalized spacial score (nSPS) is 10.6. The second-order valence-electron chi connectivity index (χ2n) is 6.13. The molecule has 6 nitrogen and oxygen atoms in total. The summed E-state index contributed by atoms with van der Waals surface area (Å²) in [5.41, 5.74) is 2.67. The number of ether oxygens (including phenoxy) is 2. The van der Waals surface area contributed by atoms with Gasteiger partial charge in [0.25, 0.3) is 0 Å². The third kappa shape index (κ3) is 18.9. The predicted molar refractivity (Wildman–Crippen MR) is 114 cm³/mol. The molecule has 0 aliphatic heterocycles.